The van der Waals surface area contributed by atoms with E-state index in [1.165, 1.54) is 19.1 Å². The fourth-order valence-corrected chi connectivity index (χ4v) is 2.16. The number of nitrogens with two attached hydrogens (primary N) is 1. The average Bonchev–Trinajstić information content (AvgIpc) is 2.49. The number of hydrogen-bond donors (Lipinski definition) is 2. The van der Waals surface area contributed by atoms with E-state index in [2.05, 4.69) is 21.2 Å². The van der Waals surface area contributed by atoms with Crippen LogP contribution in [0.1, 0.15) is 17.3 Å². The van der Waals surface area contributed by atoms with Gasteiger partial charge in [-0.15, -0.1) is 0 Å². The van der Waals surface area contributed by atoms with Crippen LogP contribution >= 0.6 is 15.9 Å². The molecule has 0 unspecified atom stereocenters. The van der Waals surface area contributed by atoms with Crippen molar-refractivity contribution in [2.45, 2.75) is 13.0 Å². The zero-order chi connectivity index (χ0) is 17.9. The Morgan fingerprint density at radius 3 is 2.54 bits per heavy atom. The molecular formula is C16H13BrF2N2O3. The lowest BCUT2D eigenvalue weighted by Crippen LogP contribution is -2.30. The summed E-state index contributed by atoms with van der Waals surface area (Å²) >= 11 is 3.10. The molecule has 0 aliphatic rings. The number of ether oxygens (including phenoxy) is 1. The van der Waals surface area contributed by atoms with Gasteiger partial charge in [0.2, 0.25) is 0 Å². The highest BCUT2D eigenvalue weighted by molar-refractivity contribution is 9.10. The first kappa shape index (κ1) is 17.9. The Bertz CT molecular complexity index is 799. The highest BCUT2D eigenvalue weighted by Crippen LogP contribution is 2.20. The van der Waals surface area contributed by atoms with Crippen LogP contribution in [0.25, 0.3) is 0 Å². The van der Waals surface area contributed by atoms with Crippen molar-refractivity contribution >= 4 is 39.2 Å². The smallest absolute Gasteiger partial charge is 0.341 e. The van der Waals surface area contributed by atoms with E-state index < -0.39 is 29.6 Å². The normalized spacial score (nSPS) is 11.7. The molecule has 0 fully saturated rings. The summed E-state index contributed by atoms with van der Waals surface area (Å²) in [4.78, 5) is 24.0. The van der Waals surface area contributed by atoms with E-state index in [-0.39, 0.29) is 16.9 Å². The summed E-state index contributed by atoms with van der Waals surface area (Å²) in [5, 5.41) is 2.31. The Morgan fingerprint density at radius 2 is 1.92 bits per heavy atom. The van der Waals surface area contributed by atoms with Gasteiger partial charge in [-0.05, 0) is 43.3 Å². The number of esters is 1. The van der Waals surface area contributed by atoms with E-state index in [1.54, 1.807) is 6.07 Å². The number of carbonyl (C=O) groups excluding carboxylic acids is 2. The number of halogens is 3. The monoisotopic (exact) mass is 398 g/mol. The van der Waals surface area contributed by atoms with Gasteiger partial charge in [0.05, 0.1) is 11.3 Å². The number of nitrogen functional groups attached to an aromatic ring is 1. The molecule has 1 amide bonds. The SMILES string of the molecule is C[C@H](OC(=O)c1ccc(F)cc1N)C(=O)Nc1ccc(Br)cc1F. The van der Waals surface area contributed by atoms with Crippen molar-refractivity contribution in [3.05, 3.63) is 58.1 Å². The highest BCUT2D eigenvalue weighted by atomic mass is 79.9. The molecule has 2 aromatic carbocycles. The van der Waals surface area contributed by atoms with Crippen molar-refractivity contribution in [3.8, 4) is 0 Å². The van der Waals surface area contributed by atoms with Crippen LogP contribution in [0.3, 0.4) is 0 Å². The summed E-state index contributed by atoms with van der Waals surface area (Å²) in [5.74, 6) is -2.84. The summed E-state index contributed by atoms with van der Waals surface area (Å²) < 4.78 is 32.2. The second kappa shape index (κ2) is 7.39. The maximum Gasteiger partial charge on any atom is 0.341 e. The number of hydrogen-bond acceptors (Lipinski definition) is 4. The maximum atomic E-state index is 13.7. The average molecular weight is 399 g/mol. The number of rotatable bonds is 4. The van der Waals surface area contributed by atoms with Gasteiger partial charge in [0.15, 0.2) is 6.10 Å². The standard InChI is InChI=1S/C16H13BrF2N2O3/c1-8(15(22)21-14-5-2-9(17)6-12(14)19)24-16(23)11-4-3-10(18)7-13(11)20/h2-8H,20H2,1H3,(H,21,22)/t8-/m0/s1. The van der Waals surface area contributed by atoms with Crippen molar-refractivity contribution < 1.29 is 23.1 Å². The molecule has 126 valence electrons. The van der Waals surface area contributed by atoms with E-state index in [0.29, 0.717) is 4.47 Å². The van der Waals surface area contributed by atoms with E-state index in [0.717, 1.165) is 18.2 Å². The summed E-state index contributed by atoms with van der Waals surface area (Å²) in [6.07, 6.45) is -1.20. The molecular weight excluding hydrogens is 386 g/mol. The molecule has 0 aliphatic carbocycles. The van der Waals surface area contributed by atoms with Gasteiger partial charge in [-0.2, -0.15) is 0 Å². The molecule has 1 atom stereocenters. The molecule has 0 bridgehead atoms. The van der Waals surface area contributed by atoms with Crippen LogP contribution in [-0.4, -0.2) is 18.0 Å². The Labute approximate surface area is 144 Å². The summed E-state index contributed by atoms with van der Waals surface area (Å²) in [7, 11) is 0. The van der Waals surface area contributed by atoms with Crippen LogP contribution in [0.5, 0.6) is 0 Å². The fourth-order valence-electron chi connectivity index (χ4n) is 1.82. The lowest BCUT2D eigenvalue weighted by Gasteiger charge is -2.14. The summed E-state index contributed by atoms with van der Waals surface area (Å²) in [6, 6.07) is 7.28. The molecule has 3 N–H and O–H groups in total. The third kappa shape index (κ3) is 4.29. The third-order valence-corrected chi connectivity index (χ3v) is 3.57. The minimum absolute atomic E-state index is 0.0487. The van der Waals surface area contributed by atoms with Crippen molar-refractivity contribution in [3.63, 3.8) is 0 Å². The van der Waals surface area contributed by atoms with E-state index in [9.17, 15) is 18.4 Å². The zero-order valence-corrected chi connectivity index (χ0v) is 14.1. The van der Waals surface area contributed by atoms with Gasteiger partial charge in [0.1, 0.15) is 11.6 Å². The largest absolute Gasteiger partial charge is 0.449 e. The van der Waals surface area contributed by atoms with Gasteiger partial charge in [-0.1, -0.05) is 15.9 Å². The second-order valence-corrected chi connectivity index (χ2v) is 5.81. The summed E-state index contributed by atoms with van der Waals surface area (Å²) in [5.41, 5.74) is 5.32. The Hall–Kier alpha value is -2.48. The molecule has 24 heavy (non-hydrogen) atoms. The topological polar surface area (TPSA) is 81.4 Å². The molecule has 0 saturated heterocycles. The van der Waals surface area contributed by atoms with Gasteiger partial charge >= 0.3 is 5.97 Å². The van der Waals surface area contributed by atoms with E-state index >= 15 is 0 Å². The van der Waals surface area contributed by atoms with Gasteiger partial charge in [0.25, 0.3) is 5.91 Å². The fraction of sp³-hybridized carbons (Fsp3) is 0.125. The first-order chi connectivity index (χ1) is 11.3. The lowest BCUT2D eigenvalue weighted by atomic mass is 10.2. The molecule has 0 saturated carbocycles. The Morgan fingerprint density at radius 1 is 1.21 bits per heavy atom. The molecule has 2 aromatic rings. The molecule has 0 aliphatic heterocycles. The minimum atomic E-state index is -1.20. The molecule has 0 aromatic heterocycles. The molecule has 0 heterocycles. The second-order valence-electron chi connectivity index (χ2n) is 4.89. The predicted octanol–water partition coefficient (Wildman–Crippen LogP) is 3.49. The highest BCUT2D eigenvalue weighted by Gasteiger charge is 2.21. The molecule has 0 spiro atoms. The third-order valence-electron chi connectivity index (χ3n) is 3.08. The van der Waals surface area contributed by atoms with Gasteiger partial charge in [-0.3, -0.25) is 4.79 Å². The number of nitrogens with one attached hydrogen (secondary N) is 1. The predicted molar refractivity (Wildman–Crippen MR) is 88.4 cm³/mol. The van der Waals surface area contributed by atoms with Crippen molar-refractivity contribution in [1.82, 2.24) is 0 Å². The van der Waals surface area contributed by atoms with Crippen molar-refractivity contribution in [2.24, 2.45) is 0 Å². The van der Waals surface area contributed by atoms with Crippen LogP contribution in [0.15, 0.2) is 40.9 Å². The lowest BCUT2D eigenvalue weighted by molar-refractivity contribution is -0.123. The number of anilines is 2. The zero-order valence-electron chi connectivity index (χ0n) is 12.5. The van der Waals surface area contributed by atoms with Crippen LogP contribution in [-0.2, 0) is 9.53 Å². The Kier molecular flexibility index (Phi) is 5.50. The summed E-state index contributed by atoms with van der Waals surface area (Å²) in [6.45, 7) is 1.32. The number of amides is 1. The van der Waals surface area contributed by atoms with E-state index in [1.807, 2.05) is 0 Å². The van der Waals surface area contributed by atoms with Gasteiger partial charge in [0, 0.05) is 10.2 Å². The van der Waals surface area contributed by atoms with Gasteiger partial charge in [-0.25, -0.2) is 13.6 Å². The Balaban J connectivity index is 2.04. The number of carbonyl (C=O) groups is 2. The first-order valence-corrected chi connectivity index (χ1v) is 7.59. The first-order valence-electron chi connectivity index (χ1n) is 6.80. The van der Waals surface area contributed by atoms with Crippen LogP contribution in [0.4, 0.5) is 20.2 Å². The number of benzene rings is 2. The molecule has 5 nitrogen and oxygen atoms in total. The van der Waals surface area contributed by atoms with E-state index in [4.69, 9.17) is 10.5 Å². The van der Waals surface area contributed by atoms with Crippen LogP contribution in [0.2, 0.25) is 0 Å². The van der Waals surface area contributed by atoms with Crippen LogP contribution in [0, 0.1) is 11.6 Å². The quantitative estimate of drug-likeness (QED) is 0.609. The minimum Gasteiger partial charge on any atom is -0.449 e. The maximum absolute atomic E-state index is 13.7. The van der Waals surface area contributed by atoms with Gasteiger partial charge < -0.3 is 15.8 Å². The van der Waals surface area contributed by atoms with Crippen LogP contribution < -0.4 is 11.1 Å². The molecule has 2 rings (SSSR count). The molecule has 0 radical (unpaired) electrons. The molecule has 8 heteroatoms. The van der Waals surface area contributed by atoms with Crippen molar-refractivity contribution in [2.75, 3.05) is 11.1 Å². The van der Waals surface area contributed by atoms with Crippen molar-refractivity contribution in [1.29, 1.82) is 0 Å².